The van der Waals surface area contributed by atoms with Crippen molar-refractivity contribution < 1.29 is 0 Å². The molecule has 0 atom stereocenters. The highest BCUT2D eigenvalue weighted by atomic mass is 127. The first-order valence-electron chi connectivity index (χ1n) is 7.08. The van der Waals surface area contributed by atoms with Crippen LogP contribution in [-0.2, 0) is 13.1 Å². The standard InChI is InChI=1S/C16H21BrN4S.HI/c1-11-12(2)22-15(20-11)9-19-16(18-3)21(4)10-13-5-7-14(17)8-6-13;/h5-8H,9-10H2,1-4H3,(H,18,19);1H. The summed E-state index contributed by atoms with van der Waals surface area (Å²) < 4.78 is 1.09. The molecule has 4 nitrogen and oxygen atoms in total. The number of halogens is 2. The normalized spacial score (nSPS) is 11.1. The minimum atomic E-state index is 0. The van der Waals surface area contributed by atoms with Crippen molar-refractivity contribution in [3.05, 3.63) is 49.9 Å². The van der Waals surface area contributed by atoms with Crippen molar-refractivity contribution in [2.45, 2.75) is 26.9 Å². The van der Waals surface area contributed by atoms with E-state index in [1.807, 2.05) is 14.0 Å². The third-order valence-electron chi connectivity index (χ3n) is 3.38. The maximum atomic E-state index is 4.55. The third-order valence-corrected chi connectivity index (χ3v) is 4.98. The first kappa shape index (κ1) is 20.4. The Labute approximate surface area is 167 Å². The summed E-state index contributed by atoms with van der Waals surface area (Å²) in [4.78, 5) is 12.3. The summed E-state index contributed by atoms with van der Waals surface area (Å²) >= 11 is 5.19. The first-order chi connectivity index (χ1) is 10.5. The molecule has 0 bridgehead atoms. The number of hydrogen-bond donors (Lipinski definition) is 1. The summed E-state index contributed by atoms with van der Waals surface area (Å²) in [6.45, 7) is 5.66. The van der Waals surface area contributed by atoms with Crippen LogP contribution in [0.25, 0.3) is 0 Å². The molecule has 0 spiro atoms. The van der Waals surface area contributed by atoms with Crippen molar-refractivity contribution in [1.82, 2.24) is 15.2 Å². The summed E-state index contributed by atoms with van der Waals surface area (Å²) in [5, 5.41) is 4.46. The lowest BCUT2D eigenvalue weighted by Crippen LogP contribution is -2.38. The Bertz CT molecular complexity index is 635. The molecule has 2 aromatic rings. The fraction of sp³-hybridized carbons (Fsp3) is 0.375. The van der Waals surface area contributed by atoms with Gasteiger partial charge in [0.2, 0.25) is 0 Å². The highest BCUT2D eigenvalue weighted by Gasteiger charge is 2.09. The molecule has 0 saturated heterocycles. The van der Waals surface area contributed by atoms with Crippen LogP contribution in [0.3, 0.4) is 0 Å². The van der Waals surface area contributed by atoms with E-state index < -0.39 is 0 Å². The zero-order valence-electron chi connectivity index (χ0n) is 13.8. The van der Waals surface area contributed by atoms with E-state index >= 15 is 0 Å². The molecule has 0 aliphatic carbocycles. The zero-order chi connectivity index (χ0) is 16.1. The Hall–Kier alpha value is -0.670. The van der Waals surface area contributed by atoms with Crippen LogP contribution >= 0.6 is 51.2 Å². The fourth-order valence-electron chi connectivity index (χ4n) is 2.09. The summed E-state index contributed by atoms with van der Waals surface area (Å²) in [5.74, 6) is 0.869. The first-order valence-corrected chi connectivity index (χ1v) is 8.69. The average molecular weight is 509 g/mol. The molecule has 126 valence electrons. The quantitative estimate of drug-likeness (QED) is 0.379. The highest BCUT2D eigenvalue weighted by Crippen LogP contribution is 2.16. The Morgan fingerprint density at radius 2 is 1.96 bits per heavy atom. The fourth-order valence-corrected chi connectivity index (χ4v) is 3.23. The molecule has 7 heteroatoms. The molecular weight excluding hydrogens is 487 g/mol. The van der Waals surface area contributed by atoms with Crippen LogP contribution in [0, 0.1) is 13.8 Å². The SMILES string of the molecule is CN=C(NCc1nc(C)c(C)s1)N(C)Cc1ccc(Br)cc1.I. The number of thiazole rings is 1. The molecule has 0 unspecified atom stereocenters. The van der Waals surface area contributed by atoms with E-state index in [4.69, 9.17) is 0 Å². The molecule has 1 aromatic heterocycles. The van der Waals surface area contributed by atoms with Crippen molar-refractivity contribution in [2.75, 3.05) is 14.1 Å². The molecule has 0 aliphatic heterocycles. The monoisotopic (exact) mass is 508 g/mol. The lowest BCUT2D eigenvalue weighted by molar-refractivity contribution is 0.476. The molecule has 23 heavy (non-hydrogen) atoms. The number of nitrogens with one attached hydrogen (secondary N) is 1. The van der Waals surface area contributed by atoms with Gasteiger partial charge in [0.05, 0.1) is 12.2 Å². The topological polar surface area (TPSA) is 40.5 Å². The van der Waals surface area contributed by atoms with Crippen LogP contribution in [0.15, 0.2) is 33.7 Å². The van der Waals surface area contributed by atoms with Gasteiger partial charge < -0.3 is 10.2 Å². The van der Waals surface area contributed by atoms with Crippen molar-refractivity contribution in [3.8, 4) is 0 Å². The molecule has 1 heterocycles. The van der Waals surface area contributed by atoms with Crippen LogP contribution in [0.2, 0.25) is 0 Å². The molecule has 0 saturated carbocycles. The lowest BCUT2D eigenvalue weighted by Gasteiger charge is -2.21. The van der Waals surface area contributed by atoms with Gasteiger partial charge >= 0.3 is 0 Å². The molecule has 0 aliphatic rings. The zero-order valence-corrected chi connectivity index (χ0v) is 18.5. The number of rotatable bonds is 4. The smallest absolute Gasteiger partial charge is 0.194 e. The van der Waals surface area contributed by atoms with Gasteiger partial charge in [-0.2, -0.15) is 0 Å². The van der Waals surface area contributed by atoms with Gasteiger partial charge in [0.1, 0.15) is 5.01 Å². The predicted octanol–water partition coefficient (Wildman–Crippen LogP) is 4.35. The predicted molar refractivity (Wildman–Crippen MR) is 113 cm³/mol. The number of benzene rings is 1. The Morgan fingerprint density at radius 1 is 1.30 bits per heavy atom. The maximum Gasteiger partial charge on any atom is 0.194 e. The Kier molecular flexibility index (Phi) is 8.49. The van der Waals surface area contributed by atoms with E-state index in [0.29, 0.717) is 6.54 Å². The van der Waals surface area contributed by atoms with E-state index in [9.17, 15) is 0 Å². The van der Waals surface area contributed by atoms with E-state index in [2.05, 4.69) is 67.3 Å². The van der Waals surface area contributed by atoms with Gasteiger partial charge in [-0.1, -0.05) is 28.1 Å². The van der Waals surface area contributed by atoms with Gasteiger partial charge in [-0.15, -0.1) is 35.3 Å². The van der Waals surface area contributed by atoms with Crippen molar-refractivity contribution in [3.63, 3.8) is 0 Å². The van der Waals surface area contributed by atoms with Gasteiger partial charge in [-0.25, -0.2) is 4.98 Å². The van der Waals surface area contributed by atoms with Gasteiger partial charge in [0.15, 0.2) is 5.96 Å². The van der Waals surface area contributed by atoms with Crippen LogP contribution in [0.5, 0.6) is 0 Å². The second-order valence-corrected chi connectivity index (χ2v) is 7.34. The highest BCUT2D eigenvalue weighted by molar-refractivity contribution is 14.0. The second kappa shape index (κ2) is 9.58. The maximum absolute atomic E-state index is 4.55. The minimum absolute atomic E-state index is 0. The number of aliphatic imine (C=N–C) groups is 1. The number of nitrogens with zero attached hydrogens (tertiary/aromatic N) is 3. The lowest BCUT2D eigenvalue weighted by atomic mass is 10.2. The summed E-state index contributed by atoms with van der Waals surface area (Å²) in [7, 11) is 3.84. The summed E-state index contributed by atoms with van der Waals surface area (Å²) in [6, 6.07) is 8.34. The van der Waals surface area contributed by atoms with E-state index in [1.54, 1.807) is 18.4 Å². The minimum Gasteiger partial charge on any atom is -0.350 e. The summed E-state index contributed by atoms with van der Waals surface area (Å²) in [6.07, 6.45) is 0. The van der Waals surface area contributed by atoms with Gasteiger partial charge in [0.25, 0.3) is 0 Å². The van der Waals surface area contributed by atoms with Crippen LogP contribution in [0.4, 0.5) is 0 Å². The van der Waals surface area contributed by atoms with Crippen LogP contribution in [0.1, 0.15) is 21.1 Å². The largest absolute Gasteiger partial charge is 0.350 e. The Balaban J connectivity index is 0.00000264. The van der Waals surface area contributed by atoms with Gasteiger partial charge in [0, 0.05) is 30.0 Å². The Morgan fingerprint density at radius 3 is 2.48 bits per heavy atom. The van der Waals surface area contributed by atoms with E-state index in [-0.39, 0.29) is 24.0 Å². The third kappa shape index (κ3) is 6.04. The van der Waals surface area contributed by atoms with Crippen molar-refractivity contribution >= 4 is 57.2 Å². The van der Waals surface area contributed by atoms with Gasteiger partial charge in [-0.05, 0) is 31.5 Å². The van der Waals surface area contributed by atoms with E-state index in [0.717, 1.165) is 27.7 Å². The van der Waals surface area contributed by atoms with Crippen LogP contribution in [-0.4, -0.2) is 29.9 Å². The molecule has 0 fully saturated rings. The number of guanidine groups is 1. The molecule has 1 N–H and O–H groups in total. The molecular formula is C16H22BrIN4S. The average Bonchev–Trinajstić information content (AvgIpc) is 2.81. The van der Waals surface area contributed by atoms with Crippen molar-refractivity contribution in [1.29, 1.82) is 0 Å². The number of aryl methyl sites for hydroxylation is 2. The van der Waals surface area contributed by atoms with E-state index in [1.165, 1.54) is 10.4 Å². The van der Waals surface area contributed by atoms with Crippen molar-refractivity contribution in [2.24, 2.45) is 4.99 Å². The molecule has 0 radical (unpaired) electrons. The van der Waals surface area contributed by atoms with Gasteiger partial charge in [-0.3, -0.25) is 4.99 Å². The number of aromatic nitrogens is 1. The molecule has 0 amide bonds. The van der Waals surface area contributed by atoms with Crippen LogP contribution < -0.4 is 5.32 Å². The molecule has 1 aromatic carbocycles. The number of hydrogen-bond acceptors (Lipinski definition) is 3. The second-order valence-electron chi connectivity index (χ2n) is 5.13. The summed E-state index contributed by atoms with van der Waals surface area (Å²) in [5.41, 5.74) is 2.36. The molecule has 2 rings (SSSR count).